The summed E-state index contributed by atoms with van der Waals surface area (Å²) in [6.07, 6.45) is 1.15. The molecule has 2 aliphatic rings. The van der Waals surface area contributed by atoms with Crippen molar-refractivity contribution >= 4 is 23.2 Å². The minimum absolute atomic E-state index is 0.579. The lowest BCUT2D eigenvalue weighted by Gasteiger charge is -2.35. The molecule has 0 aliphatic carbocycles. The number of rotatable bonds is 6. The quantitative estimate of drug-likeness (QED) is 0.579. The first-order valence-electron chi connectivity index (χ1n) is 10.4. The number of anilines is 1. The van der Waals surface area contributed by atoms with Gasteiger partial charge in [0.05, 0.1) is 13.2 Å². The first kappa shape index (κ1) is 21.2. The Labute approximate surface area is 174 Å². The van der Waals surface area contributed by atoms with E-state index in [2.05, 4.69) is 40.1 Å². The number of aliphatic imine (C=N–C) groups is 1. The zero-order valence-corrected chi connectivity index (χ0v) is 18.2. The van der Waals surface area contributed by atoms with E-state index in [0.717, 1.165) is 75.4 Å². The lowest BCUT2D eigenvalue weighted by molar-refractivity contribution is 0.157. The normalized spacial score (nSPS) is 21.4. The van der Waals surface area contributed by atoms with Gasteiger partial charge in [-0.15, -0.1) is 0 Å². The maximum atomic E-state index is 6.61. The van der Waals surface area contributed by atoms with E-state index in [1.165, 1.54) is 5.69 Å². The second kappa shape index (κ2) is 10.3. The largest absolute Gasteiger partial charge is 0.384 e. The van der Waals surface area contributed by atoms with Gasteiger partial charge >= 0.3 is 0 Å². The number of ether oxygens (including phenoxy) is 1. The van der Waals surface area contributed by atoms with Crippen LogP contribution in [0.25, 0.3) is 0 Å². The number of nitrogens with one attached hydrogen (secondary N) is 1. The van der Waals surface area contributed by atoms with E-state index in [-0.39, 0.29) is 0 Å². The van der Waals surface area contributed by atoms with Crippen LogP contribution in [0.15, 0.2) is 23.2 Å². The van der Waals surface area contributed by atoms with Gasteiger partial charge < -0.3 is 24.8 Å². The average Bonchev–Trinajstić information content (AvgIpc) is 3.15. The Kier molecular flexibility index (Phi) is 7.82. The molecule has 3 rings (SSSR count). The van der Waals surface area contributed by atoms with Crippen LogP contribution in [-0.2, 0) is 11.3 Å². The summed E-state index contributed by atoms with van der Waals surface area (Å²) in [7, 11) is 3.95. The Bertz CT molecular complexity index is 660. The van der Waals surface area contributed by atoms with Gasteiger partial charge in [0.2, 0.25) is 0 Å². The van der Waals surface area contributed by atoms with Crippen LogP contribution in [0.1, 0.15) is 18.9 Å². The van der Waals surface area contributed by atoms with Crippen LogP contribution in [0.5, 0.6) is 0 Å². The molecule has 0 bridgehead atoms. The molecule has 0 radical (unpaired) electrons. The van der Waals surface area contributed by atoms with Crippen LogP contribution in [-0.4, -0.2) is 82.3 Å². The number of piperazine rings is 1. The van der Waals surface area contributed by atoms with Crippen molar-refractivity contribution in [2.45, 2.75) is 19.9 Å². The van der Waals surface area contributed by atoms with Crippen molar-refractivity contribution in [2.24, 2.45) is 10.9 Å². The van der Waals surface area contributed by atoms with Gasteiger partial charge in [-0.3, -0.25) is 0 Å². The summed E-state index contributed by atoms with van der Waals surface area (Å²) in [5, 5.41) is 4.25. The Morgan fingerprint density at radius 1 is 1.25 bits per heavy atom. The maximum absolute atomic E-state index is 6.61. The summed E-state index contributed by atoms with van der Waals surface area (Å²) in [6, 6.07) is 6.20. The van der Waals surface area contributed by atoms with E-state index in [0.29, 0.717) is 12.5 Å². The average molecular weight is 408 g/mol. The predicted molar refractivity (Wildman–Crippen MR) is 118 cm³/mol. The molecule has 0 amide bonds. The molecule has 2 saturated heterocycles. The molecule has 1 unspecified atom stereocenters. The van der Waals surface area contributed by atoms with Crippen molar-refractivity contribution in [3.8, 4) is 0 Å². The molecule has 0 aromatic heterocycles. The minimum Gasteiger partial charge on any atom is -0.384 e. The predicted octanol–water partition coefficient (Wildman–Crippen LogP) is 2.53. The van der Waals surface area contributed by atoms with Crippen molar-refractivity contribution in [3.05, 3.63) is 28.8 Å². The molecule has 2 fully saturated rings. The summed E-state index contributed by atoms with van der Waals surface area (Å²) in [5.74, 6) is 1.56. The summed E-state index contributed by atoms with van der Waals surface area (Å²) in [5.41, 5.74) is 2.34. The van der Waals surface area contributed by atoms with Gasteiger partial charge in [-0.05, 0) is 32.5 Å². The van der Waals surface area contributed by atoms with Crippen molar-refractivity contribution in [1.82, 2.24) is 15.1 Å². The van der Waals surface area contributed by atoms with Crippen LogP contribution in [0.3, 0.4) is 0 Å². The maximum Gasteiger partial charge on any atom is 0.194 e. The number of hydrogen-bond acceptors (Lipinski definition) is 4. The minimum atomic E-state index is 0.579. The number of benzene rings is 1. The van der Waals surface area contributed by atoms with E-state index in [4.69, 9.17) is 21.3 Å². The van der Waals surface area contributed by atoms with E-state index < -0.39 is 0 Å². The molecule has 1 aromatic carbocycles. The fraction of sp³-hybridized carbons (Fsp3) is 0.667. The molecule has 6 nitrogen and oxygen atoms in total. The van der Waals surface area contributed by atoms with Crippen LogP contribution >= 0.6 is 11.6 Å². The lowest BCUT2D eigenvalue weighted by Crippen LogP contribution is -2.44. The molecule has 2 aliphatic heterocycles. The van der Waals surface area contributed by atoms with Gasteiger partial charge in [0.15, 0.2) is 5.96 Å². The molecular formula is C21H34ClN5O. The zero-order chi connectivity index (χ0) is 19.9. The first-order valence-corrected chi connectivity index (χ1v) is 10.7. The van der Waals surface area contributed by atoms with Crippen molar-refractivity contribution < 1.29 is 4.74 Å². The van der Waals surface area contributed by atoms with E-state index in [1.54, 1.807) is 7.11 Å². The molecule has 2 heterocycles. The monoisotopic (exact) mass is 407 g/mol. The van der Waals surface area contributed by atoms with Crippen LogP contribution in [0, 0.1) is 5.92 Å². The van der Waals surface area contributed by atoms with Gasteiger partial charge in [0.1, 0.15) is 0 Å². The van der Waals surface area contributed by atoms with E-state index in [9.17, 15) is 0 Å². The Balaban J connectivity index is 1.75. The molecule has 28 heavy (non-hydrogen) atoms. The van der Waals surface area contributed by atoms with Gasteiger partial charge in [-0.1, -0.05) is 17.7 Å². The second-order valence-electron chi connectivity index (χ2n) is 7.75. The fourth-order valence-corrected chi connectivity index (χ4v) is 4.25. The van der Waals surface area contributed by atoms with E-state index >= 15 is 0 Å². The van der Waals surface area contributed by atoms with Crippen LogP contribution in [0.2, 0.25) is 5.02 Å². The highest BCUT2D eigenvalue weighted by Gasteiger charge is 2.25. The van der Waals surface area contributed by atoms with E-state index in [1.807, 2.05) is 12.1 Å². The number of halogens is 1. The number of guanidine groups is 1. The smallest absolute Gasteiger partial charge is 0.194 e. The Hall–Kier alpha value is -1.50. The summed E-state index contributed by atoms with van der Waals surface area (Å²) in [4.78, 5) is 12.1. The number of hydrogen-bond donors (Lipinski definition) is 1. The number of methoxy groups -OCH3 is 1. The van der Waals surface area contributed by atoms with Crippen LogP contribution < -0.4 is 10.2 Å². The third-order valence-corrected chi connectivity index (χ3v) is 6.00. The topological polar surface area (TPSA) is 43.3 Å². The first-order chi connectivity index (χ1) is 13.6. The number of likely N-dealkylation sites (N-methyl/N-ethyl adjacent to an activating group) is 1. The summed E-state index contributed by atoms with van der Waals surface area (Å²) >= 11 is 6.61. The molecule has 1 atom stereocenters. The lowest BCUT2D eigenvalue weighted by atomic mass is 10.1. The molecule has 1 N–H and O–H groups in total. The summed E-state index contributed by atoms with van der Waals surface area (Å²) in [6.45, 7) is 10.6. The zero-order valence-electron chi connectivity index (χ0n) is 17.5. The Morgan fingerprint density at radius 2 is 2.04 bits per heavy atom. The van der Waals surface area contributed by atoms with Crippen molar-refractivity contribution in [1.29, 1.82) is 0 Å². The molecule has 7 heteroatoms. The van der Waals surface area contributed by atoms with Gasteiger partial charge in [-0.2, -0.15) is 0 Å². The third-order valence-electron chi connectivity index (χ3n) is 5.65. The van der Waals surface area contributed by atoms with Gasteiger partial charge in [-0.25, -0.2) is 4.99 Å². The molecule has 156 valence electrons. The highest BCUT2D eigenvalue weighted by atomic mass is 35.5. The Morgan fingerprint density at radius 3 is 2.75 bits per heavy atom. The molecule has 1 aromatic rings. The molecule has 0 spiro atoms. The molecular weight excluding hydrogens is 374 g/mol. The standard InChI is InChI=1S/C21H34ClN5O/c1-4-23-21(27-9-8-17(15-27)16-28-3)24-14-18-19(22)6-5-7-20(18)26-12-10-25(2)11-13-26/h5-7,17H,4,8-16H2,1-3H3,(H,23,24). The molecule has 0 saturated carbocycles. The van der Waals surface area contributed by atoms with Crippen LogP contribution in [0.4, 0.5) is 5.69 Å². The van der Waals surface area contributed by atoms with Gasteiger partial charge in [0.25, 0.3) is 0 Å². The second-order valence-corrected chi connectivity index (χ2v) is 8.16. The van der Waals surface area contributed by atoms with Crippen molar-refractivity contribution in [3.63, 3.8) is 0 Å². The fourth-order valence-electron chi connectivity index (χ4n) is 4.02. The van der Waals surface area contributed by atoms with Gasteiger partial charge in [0, 0.05) is 75.1 Å². The highest BCUT2D eigenvalue weighted by molar-refractivity contribution is 6.31. The third kappa shape index (κ3) is 5.31. The number of nitrogens with zero attached hydrogens (tertiary/aromatic N) is 4. The number of likely N-dealkylation sites (tertiary alicyclic amines) is 1. The summed E-state index contributed by atoms with van der Waals surface area (Å²) < 4.78 is 5.34. The SMILES string of the molecule is CCNC(=NCc1c(Cl)cccc1N1CCN(C)CC1)N1CCC(COC)C1. The van der Waals surface area contributed by atoms with Crippen molar-refractivity contribution in [2.75, 3.05) is 71.5 Å². The highest BCUT2D eigenvalue weighted by Crippen LogP contribution is 2.29.